The first-order chi connectivity index (χ1) is 6.49. The maximum absolute atomic E-state index is 10.2. The Bertz CT molecular complexity index is 340. The van der Waals surface area contributed by atoms with Gasteiger partial charge >= 0.3 is 0 Å². The summed E-state index contributed by atoms with van der Waals surface area (Å²) in [6.45, 7) is 0. The summed E-state index contributed by atoms with van der Waals surface area (Å²) in [6.07, 6.45) is 0. The van der Waals surface area contributed by atoms with E-state index in [4.69, 9.17) is 0 Å². The molecule has 15 heavy (non-hydrogen) atoms. The number of benzene rings is 1. The van der Waals surface area contributed by atoms with Gasteiger partial charge in [-0.3, -0.25) is 0 Å². The molecule has 1 aromatic rings. The molecule has 0 aliphatic heterocycles. The Hall–Kier alpha value is 0.0900. The molecule has 0 amide bonds. The van der Waals surface area contributed by atoms with Gasteiger partial charge in [0.15, 0.2) is 0 Å². The second-order valence-corrected chi connectivity index (χ2v) is 4.17. The number of rotatable bonds is 2. The summed E-state index contributed by atoms with van der Waals surface area (Å²) in [4.78, 5) is 0. The largest absolute Gasteiger partial charge is 0.748 e. The average Bonchev–Trinajstić information content (AvgIpc) is 2.04. The maximum atomic E-state index is 10.2. The molecule has 4 nitrogen and oxygen atoms in total. The molecule has 0 aliphatic carbocycles. The molecule has 0 unspecified atom stereocenters. The van der Waals surface area contributed by atoms with Crippen LogP contribution in [0.2, 0.25) is 0 Å². The molecular weight excluding hydrogens is 225 g/mol. The van der Waals surface area contributed by atoms with E-state index in [0.717, 1.165) is 0 Å². The molecule has 0 spiro atoms. The van der Waals surface area contributed by atoms with Gasteiger partial charge in [-0.15, -0.1) is 0 Å². The number of nitrogens with two attached hydrogens (primary N) is 1. The van der Waals surface area contributed by atoms with Crippen LogP contribution in [0.1, 0.15) is 5.56 Å². The molecule has 0 fully saturated rings. The summed E-state index contributed by atoms with van der Waals surface area (Å²) in [5.41, 5.74) is 0.530. The van der Waals surface area contributed by atoms with E-state index in [1.165, 1.54) is 0 Å². The smallest absolute Gasteiger partial charge is 0.0988 e. The van der Waals surface area contributed by atoms with Crippen molar-refractivity contribution in [2.45, 2.75) is 5.75 Å². The van der Waals surface area contributed by atoms with Crippen LogP contribution in [0.3, 0.4) is 0 Å². The van der Waals surface area contributed by atoms with E-state index in [1.54, 1.807) is 30.3 Å². The van der Waals surface area contributed by atoms with E-state index in [1.807, 2.05) is 19.4 Å². The molecule has 0 heterocycles. The third-order valence-corrected chi connectivity index (χ3v) is 1.87. The van der Waals surface area contributed by atoms with Crippen molar-refractivity contribution in [3.8, 4) is 0 Å². The minimum Gasteiger partial charge on any atom is -0.748 e. The Morgan fingerprint density at radius 3 is 1.93 bits per heavy atom. The predicted molar refractivity (Wildman–Crippen MR) is 59.4 cm³/mol. The first-order valence-electron chi connectivity index (χ1n) is 4.21. The molecule has 0 atom stereocenters. The summed E-state index contributed by atoms with van der Waals surface area (Å²) in [5, 5.41) is 2.00. The first-order valence-corrected chi connectivity index (χ1v) is 5.78. The zero-order chi connectivity index (χ0) is 11.0. The van der Waals surface area contributed by atoms with Crippen LogP contribution in [0.5, 0.6) is 0 Å². The van der Waals surface area contributed by atoms with Gasteiger partial charge in [0.25, 0.3) is 0 Å². The molecule has 1 rings (SSSR count). The van der Waals surface area contributed by atoms with E-state index < -0.39 is 15.9 Å². The Kier molecular flexibility index (Phi) is 10.9. The van der Waals surface area contributed by atoms with Crippen LogP contribution in [0.15, 0.2) is 30.3 Å². The first kappa shape index (κ1) is 17.5. The maximum Gasteiger partial charge on any atom is 0.0988 e. The number of hydrogen-bond acceptors (Lipinski definition) is 3. The van der Waals surface area contributed by atoms with Crippen molar-refractivity contribution >= 4 is 39.7 Å². The average molecular weight is 240 g/mol. The van der Waals surface area contributed by atoms with Crippen molar-refractivity contribution in [2.24, 2.45) is 0 Å². The van der Waals surface area contributed by atoms with Crippen LogP contribution in [0.25, 0.3) is 0 Å². The predicted octanol–water partition coefficient (Wildman–Crippen LogP) is -0.840. The van der Waals surface area contributed by atoms with E-state index >= 15 is 0 Å². The fraction of sp³-hybridized carbons (Fsp3) is 0.333. The summed E-state index contributed by atoms with van der Waals surface area (Å²) in [5.74, 6) is -0.423. The van der Waals surface area contributed by atoms with Crippen LogP contribution < -0.4 is 5.32 Å². The molecular formula is C9H15NNaO3S. The van der Waals surface area contributed by atoms with Crippen LogP contribution in [-0.2, 0) is 15.9 Å². The summed E-state index contributed by atoms with van der Waals surface area (Å²) < 4.78 is 30.7. The Morgan fingerprint density at radius 2 is 1.60 bits per heavy atom. The summed E-state index contributed by atoms with van der Waals surface area (Å²) >= 11 is 0. The Labute approximate surface area is 113 Å². The van der Waals surface area contributed by atoms with Crippen molar-refractivity contribution in [1.82, 2.24) is 0 Å². The molecule has 0 saturated heterocycles. The molecule has 0 aliphatic rings. The van der Waals surface area contributed by atoms with E-state index in [2.05, 4.69) is 0 Å². The van der Waals surface area contributed by atoms with E-state index in [0.29, 0.717) is 5.56 Å². The molecule has 0 aromatic heterocycles. The fourth-order valence-electron chi connectivity index (χ4n) is 0.778. The van der Waals surface area contributed by atoms with Gasteiger partial charge in [0.05, 0.1) is 30.0 Å². The standard InChI is InChI=1S/C7H8O3S.C2H7N.Na/c8-11(9,10)6-7-4-2-1-3-5-7;1-3-2;/h1-5H,6H2,(H,8,9,10);3H,1-2H3;. The van der Waals surface area contributed by atoms with Gasteiger partial charge in [0.2, 0.25) is 0 Å². The van der Waals surface area contributed by atoms with E-state index in [-0.39, 0.29) is 29.6 Å². The van der Waals surface area contributed by atoms with Crippen molar-refractivity contribution in [3.05, 3.63) is 35.9 Å². The van der Waals surface area contributed by atoms with Gasteiger partial charge in [-0.2, -0.15) is 0 Å². The van der Waals surface area contributed by atoms with Crippen LogP contribution in [0, 0.1) is 0 Å². The monoisotopic (exact) mass is 240 g/mol. The molecule has 81 valence electrons. The third kappa shape index (κ3) is 12.0. The van der Waals surface area contributed by atoms with Crippen molar-refractivity contribution < 1.29 is 18.3 Å². The van der Waals surface area contributed by atoms with Crippen molar-refractivity contribution in [1.29, 1.82) is 0 Å². The van der Waals surface area contributed by atoms with Gasteiger partial charge < -0.3 is 9.87 Å². The van der Waals surface area contributed by atoms with Crippen LogP contribution in [-0.4, -0.2) is 56.6 Å². The summed E-state index contributed by atoms with van der Waals surface area (Å²) in [6, 6.07) is 8.37. The topological polar surface area (TPSA) is 73.8 Å². The van der Waals surface area contributed by atoms with Crippen LogP contribution in [0.4, 0.5) is 0 Å². The molecule has 0 saturated carbocycles. The molecule has 0 bridgehead atoms. The quantitative estimate of drug-likeness (QED) is 0.541. The van der Waals surface area contributed by atoms with Crippen molar-refractivity contribution in [2.75, 3.05) is 14.1 Å². The Morgan fingerprint density at radius 1 is 1.20 bits per heavy atom. The van der Waals surface area contributed by atoms with Crippen molar-refractivity contribution in [3.63, 3.8) is 0 Å². The van der Waals surface area contributed by atoms with Gasteiger partial charge in [0, 0.05) is 29.6 Å². The SMILES string of the molecule is C[NH2+]C.O=S(=O)([O-])Cc1ccccc1.[Na]. The fourth-order valence-corrected chi connectivity index (χ4v) is 1.38. The van der Waals surface area contributed by atoms with Gasteiger partial charge in [-0.25, -0.2) is 8.42 Å². The van der Waals surface area contributed by atoms with Gasteiger partial charge in [-0.1, -0.05) is 30.3 Å². The molecule has 6 heteroatoms. The second kappa shape index (κ2) is 9.33. The normalized spacial score (nSPS) is 9.53. The number of hydrogen-bond donors (Lipinski definition) is 1. The molecule has 2 N–H and O–H groups in total. The minimum atomic E-state index is -4.13. The zero-order valence-electron chi connectivity index (χ0n) is 9.30. The van der Waals surface area contributed by atoms with Crippen LogP contribution >= 0.6 is 0 Å². The molecule has 1 radical (unpaired) electrons. The molecule has 1 aromatic carbocycles. The Balaban J connectivity index is 0. The number of quaternary nitrogens is 1. The van der Waals surface area contributed by atoms with Gasteiger partial charge in [-0.05, 0) is 5.56 Å². The van der Waals surface area contributed by atoms with Gasteiger partial charge in [0.1, 0.15) is 0 Å². The van der Waals surface area contributed by atoms with E-state index in [9.17, 15) is 13.0 Å². The second-order valence-electron chi connectivity index (χ2n) is 2.76. The summed E-state index contributed by atoms with van der Waals surface area (Å²) in [7, 11) is -0.127. The minimum absolute atomic E-state index is 0. The third-order valence-electron chi connectivity index (χ3n) is 1.19. The zero-order valence-corrected chi connectivity index (χ0v) is 12.1.